The van der Waals surface area contributed by atoms with Gasteiger partial charge in [0.15, 0.2) is 0 Å². The SMILES string of the molecule is NS(=O)(=O)c1cc(C(F)(F)F)ccc1F. The molecule has 0 fully saturated rings. The van der Waals surface area contributed by atoms with E-state index < -0.39 is 32.5 Å². The molecule has 0 bridgehead atoms. The van der Waals surface area contributed by atoms with Crippen molar-refractivity contribution >= 4 is 10.0 Å². The number of benzene rings is 1. The summed E-state index contributed by atoms with van der Waals surface area (Å²) < 4.78 is 70.6. The standard InChI is InChI=1S/C7H5F4NO2S/c8-5-2-1-4(7(9,10)11)3-6(5)15(12,13)14/h1-3H,(H2,12,13,14). The van der Waals surface area contributed by atoms with Crippen LogP contribution in [-0.2, 0) is 16.2 Å². The minimum atomic E-state index is -4.74. The predicted molar refractivity (Wildman–Crippen MR) is 42.8 cm³/mol. The number of primary sulfonamides is 1. The first-order valence-corrected chi connectivity index (χ1v) is 5.06. The Hall–Kier alpha value is -1.15. The molecule has 15 heavy (non-hydrogen) atoms. The summed E-state index contributed by atoms with van der Waals surface area (Å²) in [6, 6.07) is 0.997. The van der Waals surface area contributed by atoms with E-state index in [1.54, 1.807) is 0 Å². The third-order valence-corrected chi connectivity index (χ3v) is 2.49. The fourth-order valence-electron chi connectivity index (χ4n) is 0.898. The van der Waals surface area contributed by atoms with Crippen molar-refractivity contribution < 1.29 is 26.0 Å². The molecule has 0 amide bonds. The molecule has 1 aromatic rings. The van der Waals surface area contributed by atoms with E-state index in [9.17, 15) is 26.0 Å². The zero-order chi connectivity index (χ0) is 11.9. The van der Waals surface area contributed by atoms with Crippen molar-refractivity contribution in [3.63, 3.8) is 0 Å². The minimum absolute atomic E-state index is 0.157. The van der Waals surface area contributed by atoms with Gasteiger partial charge in [-0.1, -0.05) is 0 Å². The first-order chi connectivity index (χ1) is 6.62. The lowest BCUT2D eigenvalue weighted by molar-refractivity contribution is -0.137. The zero-order valence-electron chi connectivity index (χ0n) is 7.05. The number of sulfonamides is 1. The van der Waals surface area contributed by atoms with E-state index in [0.29, 0.717) is 12.1 Å². The molecular formula is C7H5F4NO2S. The summed E-state index contributed by atoms with van der Waals surface area (Å²) in [7, 11) is -4.49. The average molecular weight is 243 g/mol. The summed E-state index contributed by atoms with van der Waals surface area (Å²) in [5, 5.41) is 4.53. The van der Waals surface area contributed by atoms with E-state index in [1.165, 1.54) is 0 Å². The van der Waals surface area contributed by atoms with Gasteiger partial charge in [0.1, 0.15) is 10.7 Å². The lowest BCUT2D eigenvalue weighted by Gasteiger charge is -2.08. The monoisotopic (exact) mass is 243 g/mol. The fraction of sp³-hybridized carbons (Fsp3) is 0.143. The smallest absolute Gasteiger partial charge is 0.225 e. The average Bonchev–Trinajstić information content (AvgIpc) is 2.00. The van der Waals surface area contributed by atoms with Crippen molar-refractivity contribution in [1.29, 1.82) is 0 Å². The highest BCUT2D eigenvalue weighted by atomic mass is 32.2. The Labute approximate surface area is 82.6 Å². The molecule has 0 aromatic heterocycles. The molecule has 2 N–H and O–H groups in total. The van der Waals surface area contributed by atoms with Gasteiger partial charge in [0.2, 0.25) is 10.0 Å². The molecule has 0 aliphatic heterocycles. The molecule has 1 rings (SSSR count). The Kier molecular flexibility index (Phi) is 2.75. The number of nitrogens with two attached hydrogens (primary N) is 1. The summed E-state index contributed by atoms with van der Waals surface area (Å²) in [5.41, 5.74) is -1.27. The number of alkyl halides is 3. The first-order valence-electron chi connectivity index (χ1n) is 3.52. The van der Waals surface area contributed by atoms with Crippen LogP contribution in [-0.4, -0.2) is 8.42 Å². The van der Waals surface area contributed by atoms with Gasteiger partial charge in [0.25, 0.3) is 0 Å². The van der Waals surface area contributed by atoms with Gasteiger partial charge in [-0.3, -0.25) is 0 Å². The quantitative estimate of drug-likeness (QED) is 0.759. The van der Waals surface area contributed by atoms with Crippen molar-refractivity contribution in [3.8, 4) is 0 Å². The lowest BCUT2D eigenvalue weighted by atomic mass is 10.2. The molecule has 1 aromatic carbocycles. The molecule has 0 saturated carbocycles. The van der Waals surface area contributed by atoms with Crippen molar-refractivity contribution in [2.24, 2.45) is 5.14 Å². The van der Waals surface area contributed by atoms with E-state index >= 15 is 0 Å². The highest BCUT2D eigenvalue weighted by Gasteiger charge is 2.32. The fourth-order valence-corrected chi connectivity index (χ4v) is 1.53. The van der Waals surface area contributed by atoms with E-state index in [-0.39, 0.29) is 6.07 Å². The van der Waals surface area contributed by atoms with Gasteiger partial charge in [-0.25, -0.2) is 17.9 Å². The van der Waals surface area contributed by atoms with Gasteiger partial charge in [-0.05, 0) is 18.2 Å². The van der Waals surface area contributed by atoms with Crippen molar-refractivity contribution in [2.45, 2.75) is 11.1 Å². The van der Waals surface area contributed by atoms with Crippen LogP contribution in [0.5, 0.6) is 0 Å². The van der Waals surface area contributed by atoms with Crippen LogP contribution in [0.25, 0.3) is 0 Å². The van der Waals surface area contributed by atoms with Crippen LogP contribution in [0.2, 0.25) is 0 Å². The Balaban J connectivity index is 3.43. The van der Waals surface area contributed by atoms with Gasteiger partial charge < -0.3 is 0 Å². The summed E-state index contributed by atoms with van der Waals surface area (Å²) in [5.74, 6) is -1.31. The normalized spacial score (nSPS) is 12.9. The molecule has 8 heteroatoms. The number of rotatable bonds is 1. The summed E-state index contributed by atoms with van der Waals surface area (Å²) in [6.07, 6.45) is -4.74. The second kappa shape index (κ2) is 3.46. The van der Waals surface area contributed by atoms with Crippen molar-refractivity contribution in [3.05, 3.63) is 29.6 Å². The van der Waals surface area contributed by atoms with Gasteiger partial charge in [0.05, 0.1) is 5.56 Å². The summed E-state index contributed by atoms with van der Waals surface area (Å²) >= 11 is 0. The van der Waals surface area contributed by atoms with E-state index in [2.05, 4.69) is 5.14 Å². The molecule has 0 aliphatic carbocycles. The molecule has 0 spiro atoms. The third-order valence-electron chi connectivity index (χ3n) is 1.57. The summed E-state index contributed by atoms with van der Waals surface area (Å²) in [6.45, 7) is 0. The lowest BCUT2D eigenvalue weighted by Crippen LogP contribution is -2.16. The number of hydrogen-bond donors (Lipinski definition) is 1. The van der Waals surface area contributed by atoms with E-state index in [1.807, 2.05) is 0 Å². The minimum Gasteiger partial charge on any atom is -0.225 e. The van der Waals surface area contributed by atoms with Crippen LogP contribution in [0.15, 0.2) is 23.1 Å². The molecule has 3 nitrogen and oxygen atoms in total. The highest BCUT2D eigenvalue weighted by Crippen LogP contribution is 2.31. The van der Waals surface area contributed by atoms with Crippen LogP contribution in [0.4, 0.5) is 17.6 Å². The Morgan fingerprint density at radius 3 is 2.13 bits per heavy atom. The van der Waals surface area contributed by atoms with Gasteiger partial charge in [-0.15, -0.1) is 0 Å². The van der Waals surface area contributed by atoms with Crippen LogP contribution in [0.3, 0.4) is 0 Å². The van der Waals surface area contributed by atoms with Crippen LogP contribution in [0, 0.1) is 5.82 Å². The first kappa shape index (κ1) is 11.9. The van der Waals surface area contributed by atoms with Crippen LogP contribution < -0.4 is 5.14 Å². The highest BCUT2D eigenvalue weighted by molar-refractivity contribution is 7.89. The molecule has 0 heterocycles. The molecule has 0 aliphatic rings. The number of halogens is 4. The Bertz CT molecular complexity index is 480. The maximum atomic E-state index is 12.8. The van der Waals surface area contributed by atoms with Crippen LogP contribution >= 0.6 is 0 Å². The van der Waals surface area contributed by atoms with Gasteiger partial charge in [0, 0.05) is 0 Å². The van der Waals surface area contributed by atoms with Gasteiger partial charge >= 0.3 is 6.18 Å². The van der Waals surface area contributed by atoms with E-state index in [4.69, 9.17) is 0 Å². The number of hydrogen-bond acceptors (Lipinski definition) is 2. The molecular weight excluding hydrogens is 238 g/mol. The second-order valence-electron chi connectivity index (χ2n) is 2.69. The Morgan fingerprint density at radius 2 is 1.73 bits per heavy atom. The van der Waals surface area contributed by atoms with E-state index in [0.717, 1.165) is 0 Å². The molecule has 0 saturated heterocycles. The largest absolute Gasteiger partial charge is 0.416 e. The molecule has 0 atom stereocenters. The van der Waals surface area contributed by atoms with Crippen LogP contribution in [0.1, 0.15) is 5.56 Å². The predicted octanol–water partition coefficient (Wildman–Crippen LogP) is 1.49. The molecule has 0 radical (unpaired) electrons. The molecule has 84 valence electrons. The maximum absolute atomic E-state index is 12.8. The Morgan fingerprint density at radius 1 is 1.20 bits per heavy atom. The molecule has 0 unspecified atom stereocenters. The van der Waals surface area contributed by atoms with Crippen molar-refractivity contribution in [2.75, 3.05) is 0 Å². The second-order valence-corrected chi connectivity index (χ2v) is 4.22. The van der Waals surface area contributed by atoms with Gasteiger partial charge in [-0.2, -0.15) is 13.2 Å². The maximum Gasteiger partial charge on any atom is 0.416 e. The topological polar surface area (TPSA) is 60.2 Å². The summed E-state index contributed by atoms with van der Waals surface area (Å²) in [4.78, 5) is -1.17. The third kappa shape index (κ3) is 2.66. The van der Waals surface area contributed by atoms with Crippen molar-refractivity contribution in [1.82, 2.24) is 0 Å². The zero-order valence-corrected chi connectivity index (χ0v) is 7.86.